The average Bonchev–Trinajstić information content (AvgIpc) is 2.80. The summed E-state index contributed by atoms with van der Waals surface area (Å²) in [6.45, 7) is 1.57. The molecular formula is C25H21FN4O3. The van der Waals surface area contributed by atoms with Crippen molar-refractivity contribution in [1.82, 2.24) is 14.5 Å². The fraction of sp³-hybridized carbons (Fsp3) is 0.120. The van der Waals surface area contributed by atoms with Crippen LogP contribution in [-0.4, -0.2) is 39.9 Å². The highest BCUT2D eigenvalue weighted by Gasteiger charge is 2.16. The summed E-state index contributed by atoms with van der Waals surface area (Å²) < 4.78 is 14.5. The quantitative estimate of drug-likeness (QED) is 0.510. The summed E-state index contributed by atoms with van der Waals surface area (Å²) >= 11 is 0. The van der Waals surface area contributed by atoms with Gasteiger partial charge in [-0.1, -0.05) is 12.1 Å². The molecule has 0 atom stereocenters. The summed E-state index contributed by atoms with van der Waals surface area (Å²) in [6.07, 6.45) is 0. The number of nitrogens with zero attached hydrogens (tertiary/aromatic N) is 3. The number of anilines is 1. The number of amides is 2. The van der Waals surface area contributed by atoms with Crippen LogP contribution in [0.3, 0.4) is 0 Å². The van der Waals surface area contributed by atoms with Gasteiger partial charge in [-0.3, -0.25) is 19.0 Å². The van der Waals surface area contributed by atoms with Gasteiger partial charge in [0.2, 0.25) is 5.91 Å². The van der Waals surface area contributed by atoms with Gasteiger partial charge < -0.3 is 10.2 Å². The third kappa shape index (κ3) is 4.64. The first-order valence-electron chi connectivity index (χ1n) is 10.2. The molecule has 0 aliphatic rings. The van der Waals surface area contributed by atoms with Gasteiger partial charge in [-0.25, -0.2) is 9.37 Å². The molecule has 4 rings (SSSR count). The Morgan fingerprint density at radius 2 is 1.67 bits per heavy atom. The van der Waals surface area contributed by atoms with E-state index >= 15 is 0 Å². The highest BCUT2D eigenvalue weighted by atomic mass is 19.1. The van der Waals surface area contributed by atoms with E-state index in [1.807, 2.05) is 6.07 Å². The van der Waals surface area contributed by atoms with E-state index in [0.717, 1.165) is 0 Å². The van der Waals surface area contributed by atoms with Gasteiger partial charge in [0.05, 0.1) is 23.1 Å². The highest BCUT2D eigenvalue weighted by Crippen LogP contribution is 2.15. The van der Waals surface area contributed by atoms with Crippen molar-refractivity contribution in [2.24, 2.45) is 0 Å². The van der Waals surface area contributed by atoms with E-state index in [2.05, 4.69) is 10.3 Å². The largest absolute Gasteiger partial charge is 0.332 e. The molecule has 4 aromatic rings. The predicted molar refractivity (Wildman–Crippen MR) is 124 cm³/mol. The van der Waals surface area contributed by atoms with E-state index in [9.17, 15) is 18.8 Å². The Morgan fingerprint density at radius 3 is 2.36 bits per heavy atom. The Morgan fingerprint density at radius 1 is 1.00 bits per heavy atom. The van der Waals surface area contributed by atoms with E-state index in [4.69, 9.17) is 0 Å². The molecule has 0 aliphatic carbocycles. The van der Waals surface area contributed by atoms with Crippen molar-refractivity contribution in [3.05, 3.63) is 100 Å². The topological polar surface area (TPSA) is 84.3 Å². The van der Waals surface area contributed by atoms with Crippen LogP contribution in [0.1, 0.15) is 16.2 Å². The maximum Gasteiger partial charge on any atom is 0.265 e. The standard InChI is InChI=1S/C25H21FN4O3/c1-16-27-22-6-4-3-5-21(22)25(33)30(16)20-13-7-17(8-14-20)24(32)29(2)15-23(31)28-19-11-9-18(26)10-12-19/h3-14H,15H2,1-2H3,(H,28,31). The SMILES string of the molecule is Cc1nc2ccccc2c(=O)n1-c1ccc(C(=O)N(C)CC(=O)Nc2ccc(F)cc2)cc1. The molecule has 0 radical (unpaired) electrons. The number of nitrogens with one attached hydrogen (secondary N) is 1. The molecule has 33 heavy (non-hydrogen) atoms. The Kier molecular flexibility index (Phi) is 5.99. The first-order chi connectivity index (χ1) is 15.8. The number of para-hydroxylation sites is 1. The zero-order valence-electron chi connectivity index (χ0n) is 18.1. The van der Waals surface area contributed by atoms with Crippen molar-refractivity contribution in [2.75, 3.05) is 18.9 Å². The lowest BCUT2D eigenvalue weighted by Gasteiger charge is -2.17. The van der Waals surface area contributed by atoms with Crippen LogP contribution in [0, 0.1) is 12.7 Å². The van der Waals surface area contributed by atoms with Crippen molar-refractivity contribution in [2.45, 2.75) is 6.92 Å². The summed E-state index contributed by atoms with van der Waals surface area (Å²) in [5.74, 6) is -0.622. The number of hydrogen-bond acceptors (Lipinski definition) is 4. The minimum atomic E-state index is -0.404. The monoisotopic (exact) mass is 444 g/mol. The number of carbonyl (C=O) groups is 2. The number of aromatic nitrogens is 2. The van der Waals surface area contributed by atoms with Crippen molar-refractivity contribution < 1.29 is 14.0 Å². The van der Waals surface area contributed by atoms with Crippen LogP contribution in [-0.2, 0) is 4.79 Å². The van der Waals surface area contributed by atoms with E-state index in [1.54, 1.807) is 49.4 Å². The summed E-state index contributed by atoms with van der Waals surface area (Å²) in [6, 6.07) is 19.1. The number of likely N-dealkylation sites (N-methyl/N-ethyl adjacent to an activating group) is 1. The number of benzene rings is 3. The number of carbonyl (C=O) groups excluding carboxylic acids is 2. The third-order valence-corrected chi connectivity index (χ3v) is 5.17. The Labute approximate surface area is 189 Å². The molecule has 3 aromatic carbocycles. The zero-order chi connectivity index (χ0) is 23.5. The van der Waals surface area contributed by atoms with Gasteiger partial charge in [0.1, 0.15) is 11.6 Å². The second-order valence-corrected chi connectivity index (χ2v) is 7.58. The zero-order valence-corrected chi connectivity index (χ0v) is 18.1. The number of rotatable bonds is 5. The molecule has 1 N–H and O–H groups in total. The van der Waals surface area contributed by atoms with E-state index < -0.39 is 11.7 Å². The van der Waals surface area contributed by atoms with Crippen molar-refractivity contribution >= 4 is 28.4 Å². The molecular weight excluding hydrogens is 423 g/mol. The minimum absolute atomic E-state index is 0.175. The van der Waals surface area contributed by atoms with Crippen molar-refractivity contribution in [1.29, 1.82) is 0 Å². The molecule has 1 aromatic heterocycles. The maximum atomic E-state index is 13.0. The second kappa shape index (κ2) is 9.04. The van der Waals surface area contributed by atoms with Gasteiger partial charge >= 0.3 is 0 Å². The first kappa shape index (κ1) is 21.9. The molecule has 0 unspecified atom stereocenters. The summed E-state index contributed by atoms with van der Waals surface area (Å²) in [5.41, 5.74) is 1.84. The Hall–Kier alpha value is -4.33. The first-order valence-corrected chi connectivity index (χ1v) is 10.2. The number of halogens is 1. The number of hydrogen-bond donors (Lipinski definition) is 1. The van der Waals surface area contributed by atoms with E-state index in [-0.39, 0.29) is 18.0 Å². The van der Waals surface area contributed by atoms with Crippen LogP contribution in [0.4, 0.5) is 10.1 Å². The Bertz CT molecular complexity index is 1400. The van der Waals surface area contributed by atoms with Gasteiger partial charge in [-0.15, -0.1) is 0 Å². The van der Waals surface area contributed by atoms with Crippen LogP contribution >= 0.6 is 0 Å². The van der Waals surface area contributed by atoms with Gasteiger partial charge in [-0.2, -0.15) is 0 Å². The van der Waals surface area contributed by atoms with Crippen molar-refractivity contribution in [3.8, 4) is 5.69 Å². The molecule has 2 amide bonds. The fourth-order valence-corrected chi connectivity index (χ4v) is 3.54. The molecule has 0 saturated heterocycles. The molecule has 0 spiro atoms. The lowest BCUT2D eigenvalue weighted by atomic mass is 10.1. The third-order valence-electron chi connectivity index (χ3n) is 5.17. The molecule has 0 bridgehead atoms. The van der Waals surface area contributed by atoms with E-state index in [0.29, 0.717) is 33.7 Å². The lowest BCUT2D eigenvalue weighted by molar-refractivity contribution is -0.116. The van der Waals surface area contributed by atoms with Gasteiger partial charge in [0.25, 0.3) is 11.5 Å². The van der Waals surface area contributed by atoms with Crippen molar-refractivity contribution in [3.63, 3.8) is 0 Å². The second-order valence-electron chi connectivity index (χ2n) is 7.58. The van der Waals surface area contributed by atoms with Crippen LogP contribution < -0.4 is 10.9 Å². The van der Waals surface area contributed by atoms with Gasteiger partial charge in [-0.05, 0) is 67.6 Å². The molecule has 7 nitrogen and oxygen atoms in total. The number of fused-ring (bicyclic) bond motifs is 1. The molecule has 166 valence electrons. The van der Waals surface area contributed by atoms with Crippen LogP contribution in [0.2, 0.25) is 0 Å². The molecule has 0 fully saturated rings. The normalized spacial score (nSPS) is 10.8. The fourth-order valence-electron chi connectivity index (χ4n) is 3.54. The van der Waals surface area contributed by atoms with Crippen LogP contribution in [0.25, 0.3) is 16.6 Å². The van der Waals surface area contributed by atoms with Crippen LogP contribution in [0.5, 0.6) is 0 Å². The summed E-state index contributed by atoms with van der Waals surface area (Å²) in [7, 11) is 1.52. The van der Waals surface area contributed by atoms with Gasteiger partial charge in [0.15, 0.2) is 0 Å². The average molecular weight is 444 g/mol. The number of aryl methyl sites for hydroxylation is 1. The molecule has 0 aliphatic heterocycles. The molecule has 8 heteroatoms. The molecule has 1 heterocycles. The molecule has 0 saturated carbocycles. The predicted octanol–water partition coefficient (Wildman–Crippen LogP) is 3.54. The van der Waals surface area contributed by atoms with Crippen LogP contribution in [0.15, 0.2) is 77.6 Å². The van der Waals surface area contributed by atoms with E-state index in [1.165, 1.54) is 40.8 Å². The Balaban J connectivity index is 1.49. The van der Waals surface area contributed by atoms with Gasteiger partial charge in [0, 0.05) is 18.3 Å². The highest BCUT2D eigenvalue weighted by molar-refractivity contribution is 5.99. The smallest absolute Gasteiger partial charge is 0.265 e. The summed E-state index contributed by atoms with van der Waals surface area (Å²) in [4.78, 5) is 43.7. The summed E-state index contributed by atoms with van der Waals surface area (Å²) in [5, 5.41) is 3.13. The maximum absolute atomic E-state index is 13.0. The lowest BCUT2D eigenvalue weighted by Crippen LogP contribution is -2.35. The minimum Gasteiger partial charge on any atom is -0.332 e.